The van der Waals surface area contributed by atoms with Crippen molar-refractivity contribution in [2.24, 2.45) is 5.41 Å². The van der Waals surface area contributed by atoms with E-state index in [2.05, 4.69) is 4.98 Å². The highest BCUT2D eigenvalue weighted by Gasteiger charge is 2.35. The van der Waals surface area contributed by atoms with E-state index >= 15 is 0 Å². The molecule has 1 aromatic rings. The van der Waals surface area contributed by atoms with Gasteiger partial charge in [-0.2, -0.15) is 13.2 Å². The van der Waals surface area contributed by atoms with Gasteiger partial charge in [0.1, 0.15) is 5.78 Å². The minimum atomic E-state index is -4.41. The molecule has 0 radical (unpaired) electrons. The molecule has 0 aliphatic carbocycles. The number of ketones is 1. The predicted molar refractivity (Wildman–Crippen MR) is 89.4 cm³/mol. The Kier molecular flexibility index (Phi) is 5.91. The number of hydrogen-bond acceptors (Lipinski definition) is 4. The first kappa shape index (κ1) is 19.9. The average molecular weight is 376 g/mol. The molecule has 4 nitrogen and oxygen atoms in total. The molecule has 1 aliphatic heterocycles. The standard InChI is InChI=1S/C17H23F3N2O2S/c1-11(23)8-16(2,3)9-14(24)22-6-4-12(5-7-22)15-21-13(10-25-15)17(18,19)20/h10,12H,4-9H2,1-3H3. The van der Waals surface area contributed by atoms with Gasteiger partial charge in [0.25, 0.3) is 0 Å². The van der Waals surface area contributed by atoms with Crippen molar-refractivity contribution in [3.05, 3.63) is 16.1 Å². The third kappa shape index (κ3) is 5.52. The van der Waals surface area contributed by atoms with Gasteiger partial charge in [0.2, 0.25) is 5.91 Å². The molecule has 1 aliphatic rings. The average Bonchev–Trinajstić information content (AvgIpc) is 2.95. The van der Waals surface area contributed by atoms with Crippen LogP contribution in [0.3, 0.4) is 0 Å². The van der Waals surface area contributed by atoms with E-state index in [9.17, 15) is 22.8 Å². The monoisotopic (exact) mass is 376 g/mol. The van der Waals surface area contributed by atoms with Gasteiger partial charge in [-0.1, -0.05) is 13.8 Å². The molecule has 0 saturated carbocycles. The molecule has 1 saturated heterocycles. The zero-order chi connectivity index (χ0) is 18.8. The Balaban J connectivity index is 1.90. The van der Waals surface area contributed by atoms with Crippen LogP contribution in [0.5, 0.6) is 0 Å². The Morgan fingerprint density at radius 3 is 2.32 bits per heavy atom. The highest BCUT2D eigenvalue weighted by atomic mass is 32.1. The van der Waals surface area contributed by atoms with Crippen LogP contribution in [0.15, 0.2) is 5.38 Å². The number of Topliss-reactive ketones (excluding diaryl/α,β-unsaturated/α-hetero) is 1. The van der Waals surface area contributed by atoms with E-state index in [-0.39, 0.29) is 23.0 Å². The van der Waals surface area contributed by atoms with Crippen molar-refractivity contribution < 1.29 is 22.8 Å². The molecule has 1 aromatic heterocycles. The van der Waals surface area contributed by atoms with Crippen LogP contribution < -0.4 is 0 Å². The van der Waals surface area contributed by atoms with E-state index in [0.717, 1.165) is 16.7 Å². The number of piperidine rings is 1. The van der Waals surface area contributed by atoms with Crippen molar-refractivity contribution in [2.45, 2.75) is 58.5 Å². The fourth-order valence-electron chi connectivity index (χ4n) is 3.24. The van der Waals surface area contributed by atoms with Crippen molar-refractivity contribution in [1.82, 2.24) is 9.88 Å². The molecule has 25 heavy (non-hydrogen) atoms. The Hall–Kier alpha value is -1.44. The van der Waals surface area contributed by atoms with Gasteiger partial charge in [-0.15, -0.1) is 11.3 Å². The zero-order valence-corrected chi connectivity index (χ0v) is 15.5. The lowest BCUT2D eigenvalue weighted by Gasteiger charge is -2.33. The van der Waals surface area contributed by atoms with Crippen molar-refractivity contribution in [3.8, 4) is 0 Å². The Morgan fingerprint density at radius 2 is 1.84 bits per heavy atom. The number of hydrogen-bond donors (Lipinski definition) is 0. The van der Waals surface area contributed by atoms with Crippen molar-refractivity contribution in [1.29, 1.82) is 0 Å². The summed E-state index contributed by atoms with van der Waals surface area (Å²) in [5.74, 6) is 0.0240. The molecule has 8 heteroatoms. The fourth-order valence-corrected chi connectivity index (χ4v) is 4.24. The van der Waals surface area contributed by atoms with Crippen LogP contribution in [-0.4, -0.2) is 34.7 Å². The van der Waals surface area contributed by atoms with Crippen LogP contribution in [0, 0.1) is 5.41 Å². The fraction of sp³-hybridized carbons (Fsp3) is 0.706. The number of carbonyl (C=O) groups is 2. The molecule has 0 N–H and O–H groups in total. The third-order valence-electron chi connectivity index (χ3n) is 4.37. The summed E-state index contributed by atoms with van der Waals surface area (Å²) in [7, 11) is 0. The van der Waals surface area contributed by atoms with Gasteiger partial charge in [0.05, 0.1) is 5.01 Å². The second-order valence-electron chi connectivity index (χ2n) is 7.44. The number of rotatable bonds is 5. The molecule has 2 rings (SSSR count). The van der Waals surface area contributed by atoms with Crippen LogP contribution in [0.1, 0.15) is 63.1 Å². The van der Waals surface area contributed by atoms with Gasteiger partial charge >= 0.3 is 6.18 Å². The van der Waals surface area contributed by atoms with E-state index in [1.54, 1.807) is 4.90 Å². The molecular weight excluding hydrogens is 353 g/mol. The van der Waals surface area contributed by atoms with Gasteiger partial charge in [-0.25, -0.2) is 4.98 Å². The number of carbonyl (C=O) groups excluding carboxylic acids is 2. The number of halogens is 3. The van der Waals surface area contributed by atoms with Gasteiger partial charge in [0, 0.05) is 37.2 Å². The summed E-state index contributed by atoms with van der Waals surface area (Å²) in [6, 6.07) is 0. The molecular formula is C17H23F3N2O2S. The lowest BCUT2D eigenvalue weighted by atomic mass is 9.83. The summed E-state index contributed by atoms with van der Waals surface area (Å²) < 4.78 is 38.0. The minimum Gasteiger partial charge on any atom is -0.343 e. The first-order chi connectivity index (χ1) is 11.5. The SMILES string of the molecule is CC(=O)CC(C)(C)CC(=O)N1CCC(c2nc(C(F)(F)F)cs2)CC1. The quantitative estimate of drug-likeness (QED) is 0.771. The summed E-state index contributed by atoms with van der Waals surface area (Å²) in [5.41, 5.74) is -1.21. The lowest BCUT2D eigenvalue weighted by Crippen LogP contribution is -2.40. The predicted octanol–water partition coefficient (Wildman–Crippen LogP) is 4.26. The molecule has 0 atom stereocenters. The van der Waals surface area contributed by atoms with E-state index in [1.165, 1.54) is 6.92 Å². The zero-order valence-electron chi connectivity index (χ0n) is 14.7. The molecule has 0 bridgehead atoms. The Bertz CT molecular complexity index is 632. The van der Waals surface area contributed by atoms with Crippen molar-refractivity contribution >= 4 is 23.0 Å². The van der Waals surface area contributed by atoms with Crippen LogP contribution in [-0.2, 0) is 15.8 Å². The number of likely N-dealkylation sites (tertiary alicyclic amines) is 1. The molecule has 0 unspecified atom stereocenters. The van der Waals surface area contributed by atoms with Crippen LogP contribution >= 0.6 is 11.3 Å². The summed E-state index contributed by atoms with van der Waals surface area (Å²) in [4.78, 5) is 29.2. The maximum Gasteiger partial charge on any atom is 0.434 e. The lowest BCUT2D eigenvalue weighted by molar-refractivity contribution is -0.140. The summed E-state index contributed by atoms with van der Waals surface area (Å²) in [5, 5.41) is 1.55. The first-order valence-electron chi connectivity index (χ1n) is 8.28. The first-order valence-corrected chi connectivity index (χ1v) is 9.16. The normalized spacial score (nSPS) is 17.0. The Morgan fingerprint density at radius 1 is 1.24 bits per heavy atom. The number of aromatic nitrogens is 1. The highest BCUT2D eigenvalue weighted by molar-refractivity contribution is 7.09. The molecule has 1 amide bonds. The van der Waals surface area contributed by atoms with Crippen molar-refractivity contribution in [3.63, 3.8) is 0 Å². The second-order valence-corrected chi connectivity index (χ2v) is 8.33. The van der Waals surface area contributed by atoms with Crippen molar-refractivity contribution in [2.75, 3.05) is 13.1 Å². The van der Waals surface area contributed by atoms with Crippen LogP contribution in [0.2, 0.25) is 0 Å². The summed E-state index contributed by atoms with van der Waals surface area (Å²) in [6.45, 7) is 6.34. The van der Waals surface area contributed by atoms with E-state index in [1.807, 2.05) is 13.8 Å². The van der Waals surface area contributed by atoms with Crippen LogP contribution in [0.25, 0.3) is 0 Å². The van der Waals surface area contributed by atoms with Gasteiger partial charge in [-0.3, -0.25) is 4.79 Å². The maximum absolute atomic E-state index is 12.7. The van der Waals surface area contributed by atoms with Gasteiger partial charge < -0.3 is 9.69 Å². The molecule has 140 valence electrons. The maximum atomic E-state index is 12.7. The van der Waals surface area contributed by atoms with E-state index in [0.29, 0.717) is 43.8 Å². The highest BCUT2D eigenvalue weighted by Crippen LogP contribution is 2.36. The molecule has 2 heterocycles. The van der Waals surface area contributed by atoms with E-state index in [4.69, 9.17) is 0 Å². The van der Waals surface area contributed by atoms with Crippen LogP contribution in [0.4, 0.5) is 13.2 Å². The smallest absolute Gasteiger partial charge is 0.343 e. The number of alkyl halides is 3. The number of amides is 1. The number of thiazole rings is 1. The Labute approximate surface area is 149 Å². The van der Waals surface area contributed by atoms with Gasteiger partial charge in [-0.05, 0) is 25.2 Å². The van der Waals surface area contributed by atoms with E-state index < -0.39 is 11.9 Å². The summed E-state index contributed by atoms with van der Waals surface area (Å²) in [6.07, 6.45) is -2.53. The molecule has 0 spiro atoms. The second kappa shape index (κ2) is 7.43. The molecule has 1 fully saturated rings. The third-order valence-corrected chi connectivity index (χ3v) is 5.37. The summed E-state index contributed by atoms with van der Waals surface area (Å²) >= 11 is 1.04. The number of nitrogens with zero attached hydrogens (tertiary/aromatic N) is 2. The minimum absolute atomic E-state index is 0.000167. The largest absolute Gasteiger partial charge is 0.434 e. The molecule has 0 aromatic carbocycles. The topological polar surface area (TPSA) is 50.3 Å². The van der Waals surface area contributed by atoms with Gasteiger partial charge in [0.15, 0.2) is 5.69 Å².